The molecule has 0 aliphatic carbocycles. The first-order chi connectivity index (χ1) is 5.88. The van der Waals surface area contributed by atoms with Crippen LogP contribution in [0.1, 0.15) is 12.5 Å². The zero-order valence-electron chi connectivity index (χ0n) is 6.82. The molecule has 0 spiro atoms. The molecule has 0 unspecified atom stereocenters. The van der Waals surface area contributed by atoms with Gasteiger partial charge in [0.05, 0.1) is 5.70 Å². The molecule has 0 atom stereocenters. The van der Waals surface area contributed by atoms with Gasteiger partial charge in [0.15, 0.2) is 0 Å². The Labute approximate surface area is 71.3 Å². The lowest BCUT2D eigenvalue weighted by molar-refractivity contribution is 0.565. The van der Waals surface area contributed by atoms with Gasteiger partial charge in [0.2, 0.25) is 6.08 Å². The maximum atomic E-state index is 10.0. The van der Waals surface area contributed by atoms with Crippen molar-refractivity contribution < 1.29 is 4.79 Å². The second kappa shape index (κ2) is 4.27. The fourth-order valence-electron chi connectivity index (χ4n) is 0.954. The van der Waals surface area contributed by atoms with Crippen LogP contribution in [-0.2, 0) is 4.79 Å². The van der Waals surface area contributed by atoms with Crippen molar-refractivity contribution in [3.63, 3.8) is 0 Å². The minimum Gasteiger partial charge on any atom is -0.211 e. The topological polar surface area (TPSA) is 29.4 Å². The molecule has 0 saturated heterocycles. The Hall–Kier alpha value is -1.66. The number of carbonyl (C=O) groups excluding carboxylic acids is 1. The lowest BCUT2D eigenvalue weighted by Gasteiger charge is -1.96. The normalized spacial score (nSPS) is 10.6. The van der Waals surface area contributed by atoms with Crippen LogP contribution in [0.4, 0.5) is 0 Å². The third-order valence-electron chi connectivity index (χ3n) is 1.51. The molecule has 2 heteroatoms. The summed E-state index contributed by atoms with van der Waals surface area (Å²) < 4.78 is 0. The molecule has 0 aliphatic heterocycles. The SMILES string of the molecule is C/C=C(/N=C=O)c1ccccc1. The lowest BCUT2D eigenvalue weighted by atomic mass is 10.1. The van der Waals surface area contributed by atoms with E-state index in [4.69, 9.17) is 0 Å². The Kier molecular flexibility index (Phi) is 3.00. The molecule has 1 rings (SSSR count). The van der Waals surface area contributed by atoms with Crippen molar-refractivity contribution in [1.29, 1.82) is 0 Å². The quantitative estimate of drug-likeness (QED) is 0.481. The molecular formula is C10H9NO. The van der Waals surface area contributed by atoms with Gasteiger partial charge in [-0.2, -0.15) is 4.99 Å². The molecule has 0 radical (unpaired) electrons. The first-order valence-corrected chi connectivity index (χ1v) is 3.68. The van der Waals surface area contributed by atoms with Gasteiger partial charge in [0, 0.05) is 5.56 Å². The number of benzene rings is 1. The molecule has 0 N–H and O–H groups in total. The van der Waals surface area contributed by atoms with Crippen molar-refractivity contribution in [2.75, 3.05) is 0 Å². The fraction of sp³-hybridized carbons (Fsp3) is 0.100. The van der Waals surface area contributed by atoms with Crippen LogP contribution in [0.15, 0.2) is 41.4 Å². The summed E-state index contributed by atoms with van der Waals surface area (Å²) in [6, 6.07) is 9.52. The number of allylic oxidation sites excluding steroid dienone is 1. The molecule has 0 aromatic heterocycles. The van der Waals surface area contributed by atoms with Crippen LogP contribution < -0.4 is 0 Å². The number of isocyanates is 1. The molecule has 0 heterocycles. The maximum absolute atomic E-state index is 10.0. The van der Waals surface area contributed by atoms with Crippen LogP contribution in [0.3, 0.4) is 0 Å². The Balaban J connectivity index is 3.05. The van der Waals surface area contributed by atoms with E-state index < -0.39 is 0 Å². The van der Waals surface area contributed by atoms with Crippen LogP contribution in [-0.4, -0.2) is 6.08 Å². The van der Waals surface area contributed by atoms with E-state index >= 15 is 0 Å². The standard InChI is InChI=1S/C10H9NO/c1-2-10(11-8-12)9-6-4-3-5-7-9/h2-7H,1H3/b10-2+. The van der Waals surface area contributed by atoms with E-state index in [-0.39, 0.29) is 0 Å². The average Bonchev–Trinajstić information content (AvgIpc) is 2.15. The van der Waals surface area contributed by atoms with Gasteiger partial charge >= 0.3 is 0 Å². The average molecular weight is 159 g/mol. The molecule has 0 fully saturated rings. The van der Waals surface area contributed by atoms with Crippen molar-refractivity contribution in [1.82, 2.24) is 0 Å². The summed E-state index contributed by atoms with van der Waals surface area (Å²) in [4.78, 5) is 13.6. The molecule has 0 amide bonds. The van der Waals surface area contributed by atoms with Crippen LogP contribution in [0.5, 0.6) is 0 Å². The van der Waals surface area contributed by atoms with E-state index in [0.717, 1.165) is 5.56 Å². The summed E-state index contributed by atoms with van der Waals surface area (Å²) >= 11 is 0. The van der Waals surface area contributed by atoms with Gasteiger partial charge in [-0.15, -0.1) is 0 Å². The van der Waals surface area contributed by atoms with Crippen molar-refractivity contribution in [3.05, 3.63) is 42.0 Å². The summed E-state index contributed by atoms with van der Waals surface area (Å²) in [5.74, 6) is 0. The number of aliphatic imine (C=N–C) groups is 1. The minimum absolute atomic E-state index is 0.658. The summed E-state index contributed by atoms with van der Waals surface area (Å²) in [6.45, 7) is 1.84. The predicted molar refractivity (Wildman–Crippen MR) is 48.2 cm³/mol. The summed E-state index contributed by atoms with van der Waals surface area (Å²) in [7, 11) is 0. The molecule has 60 valence electrons. The van der Waals surface area contributed by atoms with Crippen LogP contribution in [0.25, 0.3) is 5.70 Å². The Morgan fingerprint density at radius 2 is 2.08 bits per heavy atom. The van der Waals surface area contributed by atoms with Crippen molar-refractivity contribution in [3.8, 4) is 0 Å². The van der Waals surface area contributed by atoms with E-state index in [0.29, 0.717) is 5.70 Å². The number of hydrogen-bond donors (Lipinski definition) is 0. The second-order valence-corrected chi connectivity index (χ2v) is 2.24. The molecule has 0 bridgehead atoms. The Morgan fingerprint density at radius 3 is 2.58 bits per heavy atom. The third kappa shape index (κ3) is 1.91. The number of nitrogens with zero attached hydrogens (tertiary/aromatic N) is 1. The highest BCUT2D eigenvalue weighted by Gasteiger charge is 1.94. The van der Waals surface area contributed by atoms with Gasteiger partial charge in [-0.05, 0) is 6.92 Å². The monoisotopic (exact) mass is 159 g/mol. The summed E-state index contributed by atoms with van der Waals surface area (Å²) in [6.07, 6.45) is 3.30. The highest BCUT2D eigenvalue weighted by Crippen LogP contribution is 2.13. The van der Waals surface area contributed by atoms with Gasteiger partial charge < -0.3 is 0 Å². The fourth-order valence-corrected chi connectivity index (χ4v) is 0.954. The van der Waals surface area contributed by atoms with E-state index in [2.05, 4.69) is 4.99 Å². The van der Waals surface area contributed by atoms with Gasteiger partial charge in [-0.25, -0.2) is 4.79 Å². The Morgan fingerprint density at radius 1 is 1.42 bits per heavy atom. The van der Waals surface area contributed by atoms with Gasteiger partial charge in [-0.3, -0.25) is 0 Å². The number of rotatable bonds is 2. The van der Waals surface area contributed by atoms with Crippen molar-refractivity contribution >= 4 is 11.8 Å². The van der Waals surface area contributed by atoms with E-state index in [9.17, 15) is 4.79 Å². The second-order valence-electron chi connectivity index (χ2n) is 2.24. The smallest absolute Gasteiger partial charge is 0.211 e. The highest BCUT2D eigenvalue weighted by atomic mass is 16.1. The molecule has 1 aromatic carbocycles. The van der Waals surface area contributed by atoms with Crippen molar-refractivity contribution in [2.24, 2.45) is 4.99 Å². The molecule has 0 aliphatic rings. The van der Waals surface area contributed by atoms with Crippen molar-refractivity contribution in [2.45, 2.75) is 6.92 Å². The van der Waals surface area contributed by atoms with E-state index in [1.165, 1.54) is 6.08 Å². The van der Waals surface area contributed by atoms with Gasteiger partial charge in [0.1, 0.15) is 0 Å². The number of hydrogen-bond acceptors (Lipinski definition) is 2. The summed E-state index contributed by atoms with van der Waals surface area (Å²) in [5, 5.41) is 0. The highest BCUT2D eigenvalue weighted by molar-refractivity contribution is 5.68. The first kappa shape index (κ1) is 8.44. The van der Waals surface area contributed by atoms with Gasteiger partial charge in [-0.1, -0.05) is 36.4 Å². The first-order valence-electron chi connectivity index (χ1n) is 3.68. The molecule has 12 heavy (non-hydrogen) atoms. The van der Waals surface area contributed by atoms with Crippen LogP contribution in [0, 0.1) is 0 Å². The van der Waals surface area contributed by atoms with E-state index in [1.807, 2.05) is 37.3 Å². The van der Waals surface area contributed by atoms with Gasteiger partial charge in [0.25, 0.3) is 0 Å². The zero-order chi connectivity index (χ0) is 8.81. The molecule has 1 aromatic rings. The largest absolute Gasteiger partial charge is 0.240 e. The summed E-state index contributed by atoms with van der Waals surface area (Å²) in [5.41, 5.74) is 1.59. The lowest BCUT2D eigenvalue weighted by Crippen LogP contribution is -1.78. The minimum atomic E-state index is 0.658. The third-order valence-corrected chi connectivity index (χ3v) is 1.51. The maximum Gasteiger partial charge on any atom is 0.240 e. The molecule has 0 saturated carbocycles. The Bertz CT molecular complexity index is 321. The molecule has 2 nitrogen and oxygen atoms in total. The predicted octanol–water partition coefficient (Wildman–Crippen LogP) is 2.38. The van der Waals surface area contributed by atoms with E-state index in [1.54, 1.807) is 6.08 Å². The van der Waals surface area contributed by atoms with Crippen LogP contribution >= 0.6 is 0 Å². The van der Waals surface area contributed by atoms with Crippen LogP contribution in [0.2, 0.25) is 0 Å². The zero-order valence-corrected chi connectivity index (χ0v) is 6.82. The molecular weight excluding hydrogens is 150 g/mol.